The minimum atomic E-state index is -4.90. The highest BCUT2D eigenvalue weighted by atomic mass is 19.4. The molecule has 0 aromatic heterocycles. The quantitative estimate of drug-likeness (QED) is 0.788. The van der Waals surface area contributed by atoms with Gasteiger partial charge < -0.3 is 5.11 Å². The fourth-order valence-electron chi connectivity index (χ4n) is 2.61. The summed E-state index contributed by atoms with van der Waals surface area (Å²) in [5.41, 5.74) is -2.86. The molecule has 1 heterocycles. The molecule has 7 heteroatoms. The maximum Gasteiger partial charge on any atom is 0.439 e. The van der Waals surface area contributed by atoms with Crippen LogP contribution in [0.1, 0.15) is 39.0 Å². The van der Waals surface area contributed by atoms with Crippen molar-refractivity contribution < 1.29 is 23.1 Å². The fraction of sp³-hybridized carbons (Fsp3) is 0.818. The Hall–Kier alpha value is -1.11. The van der Waals surface area contributed by atoms with Gasteiger partial charge in [0.05, 0.1) is 5.92 Å². The summed E-state index contributed by atoms with van der Waals surface area (Å²) in [6.45, 7) is 1.45. The van der Waals surface area contributed by atoms with Crippen molar-refractivity contribution in [1.29, 1.82) is 0 Å². The molecule has 2 atom stereocenters. The van der Waals surface area contributed by atoms with Gasteiger partial charge in [0.15, 0.2) is 0 Å². The Morgan fingerprint density at radius 3 is 2.78 bits per heavy atom. The van der Waals surface area contributed by atoms with Crippen molar-refractivity contribution in [1.82, 2.24) is 5.01 Å². The lowest BCUT2D eigenvalue weighted by atomic mass is 9.80. The van der Waals surface area contributed by atoms with E-state index < -0.39 is 23.7 Å². The van der Waals surface area contributed by atoms with Gasteiger partial charge in [-0.15, -0.1) is 0 Å². The van der Waals surface area contributed by atoms with Crippen molar-refractivity contribution in [3.63, 3.8) is 0 Å². The monoisotopic (exact) mass is 264 g/mol. The molecule has 0 aromatic carbocycles. The number of nitrogens with zero attached hydrogens (tertiary/aromatic N) is 2. The first kappa shape index (κ1) is 13.3. The Balaban J connectivity index is 2.43. The van der Waals surface area contributed by atoms with Crippen LogP contribution >= 0.6 is 0 Å². The van der Waals surface area contributed by atoms with E-state index in [-0.39, 0.29) is 17.9 Å². The second kappa shape index (κ2) is 4.22. The van der Waals surface area contributed by atoms with E-state index in [2.05, 4.69) is 5.10 Å². The molecule has 1 amide bonds. The van der Waals surface area contributed by atoms with E-state index in [1.807, 2.05) is 0 Å². The summed E-state index contributed by atoms with van der Waals surface area (Å²) in [4.78, 5) is 11.6. The normalized spacial score (nSPS) is 32.2. The Labute approximate surface area is 102 Å². The SMILES string of the molecule is CCC(=O)N1N=C2CCCC[C@@H]2[C@]1(O)C(F)(F)F. The van der Waals surface area contributed by atoms with E-state index in [9.17, 15) is 23.1 Å². The Kier molecular flexibility index (Phi) is 3.12. The van der Waals surface area contributed by atoms with E-state index >= 15 is 0 Å². The molecule has 0 radical (unpaired) electrons. The van der Waals surface area contributed by atoms with Crippen LogP contribution in [0, 0.1) is 5.92 Å². The zero-order chi connectivity index (χ0) is 13.6. The van der Waals surface area contributed by atoms with Crippen LogP contribution in [0.5, 0.6) is 0 Å². The van der Waals surface area contributed by atoms with Crippen molar-refractivity contribution >= 4 is 11.6 Å². The molecule has 0 saturated heterocycles. The van der Waals surface area contributed by atoms with Crippen LogP contribution in [-0.4, -0.2) is 33.6 Å². The lowest BCUT2D eigenvalue weighted by Gasteiger charge is -2.38. The molecular weight excluding hydrogens is 249 g/mol. The van der Waals surface area contributed by atoms with E-state index in [1.165, 1.54) is 6.92 Å². The molecule has 0 unspecified atom stereocenters. The molecule has 0 aromatic rings. The Bertz CT molecular complexity index is 394. The molecule has 1 fully saturated rings. The summed E-state index contributed by atoms with van der Waals surface area (Å²) in [6, 6.07) is 0. The van der Waals surface area contributed by atoms with E-state index in [1.54, 1.807) is 0 Å². The van der Waals surface area contributed by atoms with Gasteiger partial charge in [-0.1, -0.05) is 13.3 Å². The standard InChI is InChI=1S/C11H15F3N2O2/c1-2-9(17)16-10(18,11(12,13)14)7-5-3-4-6-8(7)15-16/h7,18H,2-6H2,1H3/t7-,10-/m0/s1. The first-order valence-corrected chi connectivity index (χ1v) is 6.02. The number of rotatable bonds is 1. The van der Waals surface area contributed by atoms with Crippen molar-refractivity contribution in [2.75, 3.05) is 0 Å². The highest BCUT2D eigenvalue weighted by Gasteiger charge is 2.68. The minimum absolute atomic E-state index is 0.123. The molecule has 2 aliphatic rings. The summed E-state index contributed by atoms with van der Waals surface area (Å²) < 4.78 is 39.4. The molecule has 1 N–H and O–H groups in total. The number of halogens is 3. The van der Waals surface area contributed by atoms with Gasteiger partial charge >= 0.3 is 6.18 Å². The highest BCUT2D eigenvalue weighted by Crippen LogP contribution is 2.48. The van der Waals surface area contributed by atoms with Crippen molar-refractivity contribution in [2.24, 2.45) is 11.0 Å². The van der Waals surface area contributed by atoms with Crippen molar-refractivity contribution in [3.8, 4) is 0 Å². The molecule has 0 spiro atoms. The number of fused-ring (bicyclic) bond motifs is 1. The zero-order valence-corrected chi connectivity index (χ0v) is 10.00. The molecule has 1 aliphatic carbocycles. The lowest BCUT2D eigenvalue weighted by molar-refractivity contribution is -0.317. The number of carbonyl (C=O) groups is 1. The summed E-state index contributed by atoms with van der Waals surface area (Å²) in [5, 5.41) is 14.0. The largest absolute Gasteiger partial charge is 0.439 e. The average molecular weight is 264 g/mol. The molecule has 2 rings (SSSR count). The third kappa shape index (κ3) is 1.72. The minimum Gasteiger partial charge on any atom is -0.362 e. The van der Waals surface area contributed by atoms with E-state index in [0.29, 0.717) is 18.6 Å². The number of amides is 1. The Morgan fingerprint density at radius 1 is 1.56 bits per heavy atom. The van der Waals surface area contributed by atoms with Gasteiger partial charge in [-0.05, 0) is 19.3 Å². The van der Waals surface area contributed by atoms with Crippen molar-refractivity contribution in [3.05, 3.63) is 0 Å². The molecule has 1 aliphatic heterocycles. The van der Waals surface area contributed by atoms with Gasteiger partial charge in [0.2, 0.25) is 5.91 Å². The van der Waals surface area contributed by atoms with Gasteiger partial charge in [-0.3, -0.25) is 4.79 Å². The average Bonchev–Trinajstić information content (AvgIpc) is 2.63. The summed E-state index contributed by atoms with van der Waals surface area (Å²) in [5.74, 6) is -1.92. The number of aliphatic hydroxyl groups is 1. The van der Waals surface area contributed by atoms with Gasteiger partial charge in [0.25, 0.3) is 5.72 Å². The maximum absolute atomic E-state index is 13.1. The van der Waals surface area contributed by atoms with Crippen LogP contribution in [0.2, 0.25) is 0 Å². The van der Waals surface area contributed by atoms with Crippen LogP contribution in [-0.2, 0) is 4.79 Å². The number of hydrogen-bond acceptors (Lipinski definition) is 3. The smallest absolute Gasteiger partial charge is 0.362 e. The first-order chi connectivity index (χ1) is 8.32. The fourth-order valence-corrected chi connectivity index (χ4v) is 2.61. The lowest BCUT2D eigenvalue weighted by Crippen LogP contribution is -2.61. The van der Waals surface area contributed by atoms with Gasteiger partial charge in [0, 0.05) is 12.1 Å². The molecule has 102 valence electrons. The van der Waals surface area contributed by atoms with E-state index in [4.69, 9.17) is 0 Å². The molecule has 4 nitrogen and oxygen atoms in total. The van der Waals surface area contributed by atoms with Crippen molar-refractivity contribution in [2.45, 2.75) is 50.9 Å². The number of hydrogen-bond donors (Lipinski definition) is 1. The summed E-state index contributed by atoms with van der Waals surface area (Å²) in [6.07, 6.45) is -3.04. The van der Waals surface area contributed by atoms with Gasteiger partial charge in [-0.2, -0.15) is 23.3 Å². The van der Waals surface area contributed by atoms with Crippen LogP contribution in [0.4, 0.5) is 13.2 Å². The summed E-state index contributed by atoms with van der Waals surface area (Å²) >= 11 is 0. The van der Waals surface area contributed by atoms with Gasteiger partial charge in [0.1, 0.15) is 0 Å². The predicted molar refractivity (Wildman–Crippen MR) is 57.5 cm³/mol. The zero-order valence-electron chi connectivity index (χ0n) is 10.00. The molecular formula is C11H15F3N2O2. The Morgan fingerprint density at radius 2 is 2.22 bits per heavy atom. The number of carbonyl (C=O) groups excluding carboxylic acids is 1. The van der Waals surface area contributed by atoms with Crippen LogP contribution < -0.4 is 0 Å². The second-order valence-electron chi connectivity index (χ2n) is 4.67. The van der Waals surface area contributed by atoms with Crippen LogP contribution in [0.15, 0.2) is 5.10 Å². The third-order valence-electron chi connectivity index (χ3n) is 3.57. The second-order valence-corrected chi connectivity index (χ2v) is 4.67. The highest BCUT2D eigenvalue weighted by molar-refractivity contribution is 5.93. The van der Waals surface area contributed by atoms with Gasteiger partial charge in [-0.25, -0.2) is 0 Å². The predicted octanol–water partition coefficient (Wildman–Crippen LogP) is 2.04. The number of alkyl halides is 3. The van der Waals surface area contributed by atoms with Crippen LogP contribution in [0.25, 0.3) is 0 Å². The van der Waals surface area contributed by atoms with E-state index in [0.717, 1.165) is 6.42 Å². The molecule has 1 saturated carbocycles. The third-order valence-corrected chi connectivity index (χ3v) is 3.57. The maximum atomic E-state index is 13.1. The van der Waals surface area contributed by atoms with Crippen LogP contribution in [0.3, 0.4) is 0 Å². The number of hydrazone groups is 1. The molecule has 0 bridgehead atoms. The summed E-state index contributed by atoms with van der Waals surface area (Å²) in [7, 11) is 0. The molecule has 18 heavy (non-hydrogen) atoms. The first-order valence-electron chi connectivity index (χ1n) is 6.02. The topological polar surface area (TPSA) is 52.9 Å².